The van der Waals surface area contributed by atoms with E-state index in [-0.39, 0.29) is 17.5 Å². The van der Waals surface area contributed by atoms with E-state index in [0.29, 0.717) is 13.1 Å². The minimum Gasteiger partial charge on any atom is -0.369 e. The normalized spacial score (nSPS) is 20.1. The summed E-state index contributed by atoms with van der Waals surface area (Å²) in [6.45, 7) is 2.30. The van der Waals surface area contributed by atoms with Gasteiger partial charge in [0.25, 0.3) is 5.69 Å². The molecule has 0 radical (unpaired) electrons. The van der Waals surface area contributed by atoms with Crippen LogP contribution in [0.1, 0.15) is 18.4 Å². The number of hydrogen-bond donors (Lipinski definition) is 1. The second-order valence-electron chi connectivity index (χ2n) is 4.90. The van der Waals surface area contributed by atoms with Crippen LogP contribution in [0.4, 0.5) is 5.69 Å². The maximum absolute atomic E-state index is 11.2. The van der Waals surface area contributed by atoms with Crippen LogP contribution in [0.25, 0.3) is 0 Å². The van der Waals surface area contributed by atoms with Gasteiger partial charge in [-0.1, -0.05) is 12.1 Å². The minimum absolute atomic E-state index is 0.0770. The molecule has 6 heteroatoms. The third kappa shape index (κ3) is 3.51. The Hall–Kier alpha value is -1.95. The molecule has 1 aromatic rings. The van der Waals surface area contributed by atoms with Gasteiger partial charge in [-0.2, -0.15) is 0 Å². The summed E-state index contributed by atoms with van der Waals surface area (Å²) in [4.78, 5) is 23.5. The van der Waals surface area contributed by atoms with Crippen LogP contribution >= 0.6 is 0 Å². The van der Waals surface area contributed by atoms with Crippen molar-refractivity contribution in [2.24, 2.45) is 11.7 Å². The van der Waals surface area contributed by atoms with Crippen LogP contribution in [0, 0.1) is 16.0 Å². The molecule has 2 rings (SSSR count). The van der Waals surface area contributed by atoms with E-state index >= 15 is 0 Å². The first-order valence-corrected chi connectivity index (χ1v) is 6.31. The SMILES string of the molecule is NC(=O)[C@H]1CCCN(Cc2ccc([N+](=O)[O-])cc2)C1. The standard InChI is InChI=1S/C13H17N3O3/c14-13(17)11-2-1-7-15(9-11)8-10-3-5-12(6-4-10)16(18)19/h3-6,11H,1-2,7-9H2,(H2,14,17)/t11-/m0/s1. The zero-order chi connectivity index (χ0) is 13.8. The first kappa shape index (κ1) is 13.5. The lowest BCUT2D eigenvalue weighted by Crippen LogP contribution is -2.40. The predicted molar refractivity (Wildman–Crippen MR) is 70.3 cm³/mol. The Morgan fingerprint density at radius 3 is 2.68 bits per heavy atom. The summed E-state index contributed by atoms with van der Waals surface area (Å²) in [5.74, 6) is -0.319. The number of nitro groups is 1. The summed E-state index contributed by atoms with van der Waals surface area (Å²) >= 11 is 0. The fraction of sp³-hybridized carbons (Fsp3) is 0.462. The number of nitrogens with zero attached hydrogens (tertiary/aromatic N) is 2. The van der Waals surface area contributed by atoms with E-state index in [1.165, 1.54) is 12.1 Å². The number of carbonyl (C=O) groups is 1. The Bertz CT molecular complexity index is 473. The lowest BCUT2D eigenvalue weighted by molar-refractivity contribution is -0.384. The lowest BCUT2D eigenvalue weighted by atomic mass is 9.97. The number of hydrogen-bond acceptors (Lipinski definition) is 4. The number of nitrogens with two attached hydrogens (primary N) is 1. The van der Waals surface area contributed by atoms with Crippen LogP contribution in [0.15, 0.2) is 24.3 Å². The molecule has 1 heterocycles. The van der Waals surface area contributed by atoms with E-state index in [1.54, 1.807) is 12.1 Å². The molecule has 102 valence electrons. The van der Waals surface area contributed by atoms with Gasteiger partial charge in [-0.15, -0.1) is 0 Å². The van der Waals surface area contributed by atoms with Gasteiger partial charge in [-0.25, -0.2) is 0 Å². The third-order valence-electron chi connectivity index (χ3n) is 3.46. The fourth-order valence-corrected chi connectivity index (χ4v) is 2.41. The summed E-state index contributed by atoms with van der Waals surface area (Å²) in [6, 6.07) is 6.52. The number of non-ortho nitro benzene ring substituents is 1. The van der Waals surface area contributed by atoms with Crippen LogP contribution in [0.3, 0.4) is 0 Å². The van der Waals surface area contributed by atoms with Gasteiger partial charge >= 0.3 is 0 Å². The molecule has 0 aromatic heterocycles. The summed E-state index contributed by atoms with van der Waals surface area (Å²) in [7, 11) is 0. The molecule has 1 amide bonds. The van der Waals surface area contributed by atoms with Crippen LogP contribution in [-0.2, 0) is 11.3 Å². The van der Waals surface area contributed by atoms with Gasteiger partial charge in [-0.3, -0.25) is 19.8 Å². The van der Waals surface area contributed by atoms with Crippen molar-refractivity contribution in [1.29, 1.82) is 0 Å². The zero-order valence-electron chi connectivity index (χ0n) is 10.6. The van der Waals surface area contributed by atoms with Crippen molar-refractivity contribution in [3.8, 4) is 0 Å². The van der Waals surface area contributed by atoms with Crippen molar-refractivity contribution in [3.05, 3.63) is 39.9 Å². The highest BCUT2D eigenvalue weighted by Gasteiger charge is 2.23. The molecule has 1 aliphatic heterocycles. The molecule has 19 heavy (non-hydrogen) atoms. The number of rotatable bonds is 4. The van der Waals surface area contributed by atoms with Gasteiger partial charge in [0.05, 0.1) is 10.8 Å². The van der Waals surface area contributed by atoms with E-state index in [0.717, 1.165) is 24.9 Å². The number of carbonyl (C=O) groups excluding carboxylic acids is 1. The smallest absolute Gasteiger partial charge is 0.269 e. The maximum atomic E-state index is 11.2. The van der Waals surface area contributed by atoms with Gasteiger partial charge in [0.1, 0.15) is 0 Å². The molecule has 1 atom stereocenters. The Labute approximate surface area is 111 Å². The summed E-state index contributed by atoms with van der Waals surface area (Å²) in [5, 5.41) is 10.6. The Morgan fingerprint density at radius 2 is 2.11 bits per heavy atom. The van der Waals surface area contributed by atoms with Gasteiger partial charge in [0.15, 0.2) is 0 Å². The molecular formula is C13H17N3O3. The lowest BCUT2D eigenvalue weighted by Gasteiger charge is -2.31. The van der Waals surface area contributed by atoms with Crippen LogP contribution in [0.2, 0.25) is 0 Å². The first-order chi connectivity index (χ1) is 9.06. The van der Waals surface area contributed by atoms with E-state index < -0.39 is 4.92 Å². The Morgan fingerprint density at radius 1 is 1.42 bits per heavy atom. The van der Waals surface area contributed by atoms with E-state index in [4.69, 9.17) is 5.73 Å². The highest BCUT2D eigenvalue weighted by molar-refractivity contribution is 5.76. The number of benzene rings is 1. The Balaban J connectivity index is 1.96. The van der Waals surface area contributed by atoms with Gasteiger partial charge < -0.3 is 5.73 Å². The van der Waals surface area contributed by atoms with Crippen molar-refractivity contribution < 1.29 is 9.72 Å². The maximum Gasteiger partial charge on any atom is 0.269 e. The number of likely N-dealkylation sites (tertiary alicyclic amines) is 1. The Kier molecular flexibility index (Phi) is 4.11. The van der Waals surface area contributed by atoms with Gasteiger partial charge in [-0.05, 0) is 24.9 Å². The van der Waals surface area contributed by atoms with Crippen molar-refractivity contribution in [3.63, 3.8) is 0 Å². The van der Waals surface area contributed by atoms with E-state index in [1.807, 2.05) is 0 Å². The zero-order valence-corrected chi connectivity index (χ0v) is 10.6. The van der Waals surface area contributed by atoms with Crippen LogP contribution in [0.5, 0.6) is 0 Å². The molecule has 2 N–H and O–H groups in total. The van der Waals surface area contributed by atoms with Crippen LogP contribution < -0.4 is 5.73 Å². The summed E-state index contributed by atoms with van der Waals surface area (Å²) in [5.41, 5.74) is 6.44. The minimum atomic E-state index is -0.409. The topological polar surface area (TPSA) is 89.5 Å². The number of nitro benzene ring substituents is 1. The average Bonchev–Trinajstić information content (AvgIpc) is 2.39. The molecular weight excluding hydrogens is 246 g/mol. The van der Waals surface area contributed by atoms with E-state index in [9.17, 15) is 14.9 Å². The van der Waals surface area contributed by atoms with Crippen LogP contribution in [-0.4, -0.2) is 28.8 Å². The quantitative estimate of drug-likeness (QED) is 0.654. The number of amides is 1. The van der Waals surface area contributed by atoms with Gasteiger partial charge in [0, 0.05) is 25.2 Å². The first-order valence-electron chi connectivity index (χ1n) is 6.31. The monoisotopic (exact) mass is 263 g/mol. The van der Waals surface area contributed by atoms with E-state index in [2.05, 4.69) is 4.90 Å². The molecule has 1 saturated heterocycles. The molecule has 0 saturated carbocycles. The number of primary amides is 1. The summed E-state index contributed by atoms with van der Waals surface area (Å²) < 4.78 is 0. The molecule has 0 bridgehead atoms. The second kappa shape index (κ2) is 5.79. The summed E-state index contributed by atoms with van der Waals surface area (Å²) in [6.07, 6.45) is 1.81. The molecule has 0 unspecified atom stereocenters. The van der Waals surface area contributed by atoms with Crippen molar-refractivity contribution in [2.45, 2.75) is 19.4 Å². The van der Waals surface area contributed by atoms with Crippen molar-refractivity contribution in [1.82, 2.24) is 4.90 Å². The molecule has 0 aliphatic carbocycles. The van der Waals surface area contributed by atoms with Crippen molar-refractivity contribution >= 4 is 11.6 Å². The predicted octanol–water partition coefficient (Wildman–Crippen LogP) is 1.29. The van der Waals surface area contributed by atoms with Crippen molar-refractivity contribution in [2.75, 3.05) is 13.1 Å². The molecule has 1 fully saturated rings. The fourth-order valence-electron chi connectivity index (χ4n) is 2.41. The molecule has 0 spiro atoms. The largest absolute Gasteiger partial charge is 0.369 e. The molecule has 1 aromatic carbocycles. The highest BCUT2D eigenvalue weighted by Crippen LogP contribution is 2.19. The highest BCUT2D eigenvalue weighted by atomic mass is 16.6. The second-order valence-corrected chi connectivity index (χ2v) is 4.90. The third-order valence-corrected chi connectivity index (χ3v) is 3.46. The molecule has 1 aliphatic rings. The molecule has 6 nitrogen and oxygen atoms in total. The average molecular weight is 263 g/mol. The van der Waals surface area contributed by atoms with Gasteiger partial charge in [0.2, 0.25) is 5.91 Å². The number of piperidine rings is 1.